The fraction of sp³-hybridized carbons (Fsp3) is 0.538. The van der Waals surface area contributed by atoms with Crippen LogP contribution >= 0.6 is 0 Å². The van der Waals surface area contributed by atoms with E-state index in [0.717, 1.165) is 0 Å². The van der Waals surface area contributed by atoms with E-state index in [1.165, 1.54) is 4.31 Å². The van der Waals surface area contributed by atoms with Crippen molar-refractivity contribution in [3.05, 3.63) is 24.3 Å². The van der Waals surface area contributed by atoms with Crippen LogP contribution in [0.25, 0.3) is 0 Å². The number of methoxy groups -OCH3 is 1. The maximum atomic E-state index is 12.0. The van der Waals surface area contributed by atoms with E-state index in [-0.39, 0.29) is 12.4 Å². The van der Waals surface area contributed by atoms with Crippen LogP contribution in [-0.2, 0) is 14.8 Å². The molecule has 0 aliphatic heterocycles. The third kappa shape index (κ3) is 5.77. The molecule has 0 radical (unpaired) electrons. The summed E-state index contributed by atoms with van der Waals surface area (Å²) in [6.07, 6.45) is 0.672. The molecule has 0 heterocycles. The standard InChI is InChI=1S/C13H22N2O4S/c1-15(8-3-9-18-2)20(16,17)11-10-19-13-6-4-12(14)5-7-13/h4-7H,3,8-11,14H2,1-2H3. The lowest BCUT2D eigenvalue weighted by molar-refractivity contribution is 0.189. The lowest BCUT2D eigenvalue weighted by Gasteiger charge is -2.17. The first-order valence-electron chi connectivity index (χ1n) is 6.37. The van der Waals surface area contributed by atoms with Crippen LogP contribution in [0.5, 0.6) is 5.75 Å². The summed E-state index contributed by atoms with van der Waals surface area (Å²) >= 11 is 0. The van der Waals surface area contributed by atoms with Crippen LogP contribution in [0.3, 0.4) is 0 Å². The van der Waals surface area contributed by atoms with Crippen molar-refractivity contribution in [3.63, 3.8) is 0 Å². The Balaban J connectivity index is 2.37. The predicted octanol–water partition coefficient (Wildman–Crippen LogP) is 0.946. The number of sulfonamides is 1. The summed E-state index contributed by atoms with van der Waals surface area (Å²) in [6.45, 7) is 1.10. The van der Waals surface area contributed by atoms with Gasteiger partial charge in [-0.3, -0.25) is 0 Å². The molecule has 0 atom stereocenters. The van der Waals surface area contributed by atoms with Gasteiger partial charge in [-0.25, -0.2) is 12.7 Å². The summed E-state index contributed by atoms with van der Waals surface area (Å²) in [5.41, 5.74) is 6.20. The van der Waals surface area contributed by atoms with E-state index in [1.54, 1.807) is 38.4 Å². The van der Waals surface area contributed by atoms with Gasteiger partial charge in [-0.15, -0.1) is 0 Å². The summed E-state index contributed by atoms with van der Waals surface area (Å²) < 4.78 is 35.5. The summed E-state index contributed by atoms with van der Waals surface area (Å²) in [5.74, 6) is 0.553. The monoisotopic (exact) mass is 302 g/mol. The lowest BCUT2D eigenvalue weighted by atomic mass is 10.3. The fourth-order valence-corrected chi connectivity index (χ4v) is 2.57. The van der Waals surface area contributed by atoms with Gasteiger partial charge < -0.3 is 15.2 Å². The van der Waals surface area contributed by atoms with E-state index in [0.29, 0.717) is 31.0 Å². The fourth-order valence-electron chi connectivity index (χ4n) is 1.56. The van der Waals surface area contributed by atoms with Crippen LogP contribution < -0.4 is 10.5 Å². The Bertz CT molecular complexity index is 488. The molecule has 0 saturated carbocycles. The molecule has 20 heavy (non-hydrogen) atoms. The van der Waals surface area contributed by atoms with E-state index in [9.17, 15) is 8.42 Å². The molecular weight excluding hydrogens is 280 g/mol. The van der Waals surface area contributed by atoms with Crippen molar-refractivity contribution in [2.24, 2.45) is 0 Å². The molecule has 0 bridgehead atoms. The molecule has 0 unspecified atom stereocenters. The average Bonchev–Trinajstić information content (AvgIpc) is 2.41. The summed E-state index contributed by atoms with van der Waals surface area (Å²) in [4.78, 5) is 0. The van der Waals surface area contributed by atoms with Crippen molar-refractivity contribution in [1.29, 1.82) is 0 Å². The number of hydrogen-bond donors (Lipinski definition) is 1. The van der Waals surface area contributed by atoms with E-state index in [1.807, 2.05) is 0 Å². The Kier molecular flexibility index (Phi) is 6.77. The number of ether oxygens (including phenoxy) is 2. The second-order valence-corrected chi connectivity index (χ2v) is 6.60. The van der Waals surface area contributed by atoms with E-state index in [2.05, 4.69) is 0 Å². The zero-order chi connectivity index (χ0) is 15.0. The molecule has 0 saturated heterocycles. The van der Waals surface area contributed by atoms with Gasteiger partial charge >= 0.3 is 0 Å². The predicted molar refractivity (Wildman–Crippen MR) is 79.3 cm³/mol. The summed E-state index contributed by atoms with van der Waals surface area (Å²) in [5, 5.41) is 0. The molecule has 0 fully saturated rings. The lowest BCUT2D eigenvalue weighted by Crippen LogP contribution is -2.32. The minimum absolute atomic E-state index is 0.0547. The van der Waals surface area contributed by atoms with Crippen molar-refractivity contribution in [2.75, 3.05) is 45.4 Å². The number of hydrogen-bond acceptors (Lipinski definition) is 5. The molecule has 7 heteroatoms. The second-order valence-electron chi connectivity index (χ2n) is 4.40. The van der Waals surface area contributed by atoms with Crippen molar-refractivity contribution in [1.82, 2.24) is 4.31 Å². The molecule has 1 aromatic carbocycles. The number of nitrogens with zero attached hydrogens (tertiary/aromatic N) is 1. The molecule has 0 aromatic heterocycles. The minimum atomic E-state index is -3.29. The van der Waals surface area contributed by atoms with Gasteiger partial charge in [-0.2, -0.15) is 0 Å². The molecule has 1 rings (SSSR count). The van der Waals surface area contributed by atoms with Gasteiger partial charge in [0, 0.05) is 33.0 Å². The Morgan fingerprint density at radius 1 is 1.20 bits per heavy atom. The Morgan fingerprint density at radius 2 is 1.85 bits per heavy atom. The highest BCUT2D eigenvalue weighted by molar-refractivity contribution is 7.89. The second kappa shape index (κ2) is 8.08. The molecular formula is C13H22N2O4S. The maximum absolute atomic E-state index is 12.0. The van der Waals surface area contributed by atoms with Gasteiger partial charge in [-0.05, 0) is 30.7 Å². The van der Waals surface area contributed by atoms with Gasteiger partial charge in [-0.1, -0.05) is 0 Å². The van der Waals surface area contributed by atoms with Crippen molar-refractivity contribution < 1.29 is 17.9 Å². The quantitative estimate of drug-likeness (QED) is 0.542. The first kappa shape index (κ1) is 16.7. The number of benzene rings is 1. The zero-order valence-corrected chi connectivity index (χ0v) is 12.7. The van der Waals surface area contributed by atoms with Crippen molar-refractivity contribution in [3.8, 4) is 5.75 Å². The molecule has 2 N–H and O–H groups in total. The minimum Gasteiger partial charge on any atom is -0.492 e. The number of anilines is 1. The third-order valence-electron chi connectivity index (χ3n) is 2.79. The Hall–Kier alpha value is -1.31. The van der Waals surface area contributed by atoms with E-state index >= 15 is 0 Å². The van der Waals surface area contributed by atoms with Gasteiger partial charge in [0.05, 0.1) is 5.75 Å². The first-order chi connectivity index (χ1) is 9.45. The molecule has 114 valence electrons. The highest BCUT2D eigenvalue weighted by Gasteiger charge is 2.17. The normalized spacial score (nSPS) is 11.8. The van der Waals surface area contributed by atoms with Crippen LogP contribution in [0.15, 0.2) is 24.3 Å². The maximum Gasteiger partial charge on any atom is 0.217 e. The first-order valence-corrected chi connectivity index (χ1v) is 7.98. The van der Waals surface area contributed by atoms with Crippen LogP contribution in [0.4, 0.5) is 5.69 Å². The van der Waals surface area contributed by atoms with Crippen molar-refractivity contribution >= 4 is 15.7 Å². The number of rotatable bonds is 9. The third-order valence-corrected chi connectivity index (χ3v) is 4.60. The summed E-state index contributed by atoms with van der Waals surface area (Å²) in [6, 6.07) is 6.84. The topological polar surface area (TPSA) is 81.9 Å². The highest BCUT2D eigenvalue weighted by Crippen LogP contribution is 2.13. The molecule has 6 nitrogen and oxygen atoms in total. The Labute approximate surface area is 120 Å². The van der Waals surface area contributed by atoms with E-state index < -0.39 is 10.0 Å². The van der Waals surface area contributed by atoms with Crippen LogP contribution in [0.1, 0.15) is 6.42 Å². The summed E-state index contributed by atoms with van der Waals surface area (Å²) in [7, 11) is -0.135. The van der Waals surface area contributed by atoms with Crippen LogP contribution in [0, 0.1) is 0 Å². The van der Waals surface area contributed by atoms with Gasteiger partial charge in [0.15, 0.2) is 0 Å². The average molecular weight is 302 g/mol. The van der Waals surface area contributed by atoms with Crippen molar-refractivity contribution in [2.45, 2.75) is 6.42 Å². The zero-order valence-electron chi connectivity index (χ0n) is 11.9. The molecule has 0 spiro atoms. The van der Waals surface area contributed by atoms with Crippen LogP contribution in [0.2, 0.25) is 0 Å². The highest BCUT2D eigenvalue weighted by atomic mass is 32.2. The largest absolute Gasteiger partial charge is 0.492 e. The van der Waals surface area contributed by atoms with Gasteiger partial charge in [0.1, 0.15) is 12.4 Å². The molecule has 0 aliphatic carbocycles. The Morgan fingerprint density at radius 3 is 2.45 bits per heavy atom. The van der Waals surface area contributed by atoms with Gasteiger partial charge in [0.25, 0.3) is 0 Å². The smallest absolute Gasteiger partial charge is 0.217 e. The molecule has 1 aromatic rings. The molecule has 0 aliphatic rings. The SMILES string of the molecule is COCCCN(C)S(=O)(=O)CCOc1ccc(N)cc1. The van der Waals surface area contributed by atoms with Crippen LogP contribution in [-0.4, -0.2) is 52.4 Å². The number of nitrogens with two attached hydrogens (primary N) is 1. The number of nitrogen functional groups attached to an aromatic ring is 1. The molecule has 0 amide bonds. The van der Waals surface area contributed by atoms with E-state index in [4.69, 9.17) is 15.2 Å². The van der Waals surface area contributed by atoms with Gasteiger partial charge in [0.2, 0.25) is 10.0 Å².